The molecule has 0 bridgehead atoms. The van der Waals surface area contributed by atoms with E-state index in [0.717, 1.165) is 62.1 Å². The number of nitrogens with one attached hydrogen (secondary N) is 2. The van der Waals surface area contributed by atoms with E-state index in [1.54, 1.807) is 7.05 Å². The number of likely N-dealkylation sites (tertiary alicyclic amines) is 1. The number of guanidine groups is 1. The highest BCUT2D eigenvalue weighted by Gasteiger charge is 2.32. The lowest BCUT2D eigenvalue weighted by Crippen LogP contribution is -2.45. The Bertz CT molecular complexity index is 732. The van der Waals surface area contributed by atoms with Crippen molar-refractivity contribution in [2.24, 2.45) is 16.8 Å². The Morgan fingerprint density at radius 1 is 1.17 bits per heavy atom. The van der Waals surface area contributed by atoms with Crippen LogP contribution in [0.25, 0.3) is 0 Å². The smallest absolute Gasteiger partial charge is 0.225 e. The normalized spacial score (nSPS) is 22.0. The van der Waals surface area contributed by atoms with Gasteiger partial charge in [0.05, 0.1) is 6.61 Å². The molecule has 1 saturated heterocycles. The van der Waals surface area contributed by atoms with E-state index in [0.29, 0.717) is 12.5 Å². The molecule has 0 radical (unpaired) electrons. The Balaban J connectivity index is 0.00000256. The number of carbonyl (C=O) groups is 1. The van der Waals surface area contributed by atoms with Gasteiger partial charge in [0, 0.05) is 44.2 Å². The third kappa shape index (κ3) is 6.25. The van der Waals surface area contributed by atoms with Gasteiger partial charge in [-0.15, -0.1) is 24.0 Å². The summed E-state index contributed by atoms with van der Waals surface area (Å²) in [6, 6.07) is 8.46. The summed E-state index contributed by atoms with van der Waals surface area (Å²) in [4.78, 5) is 19.1. The minimum atomic E-state index is 0. The fourth-order valence-electron chi connectivity index (χ4n) is 4.36. The minimum Gasteiger partial charge on any atom is -0.493 e. The van der Waals surface area contributed by atoms with Crippen LogP contribution in [0.5, 0.6) is 5.75 Å². The van der Waals surface area contributed by atoms with Gasteiger partial charge in [-0.05, 0) is 44.1 Å². The number of ether oxygens (including phenoxy) is 1. The molecule has 1 aromatic rings. The monoisotopic (exact) mass is 526 g/mol. The Kier molecular flexibility index (Phi) is 8.65. The predicted molar refractivity (Wildman–Crippen MR) is 130 cm³/mol. The van der Waals surface area contributed by atoms with Crippen LogP contribution in [0, 0.1) is 11.8 Å². The van der Waals surface area contributed by atoms with Crippen LogP contribution >= 0.6 is 24.0 Å². The lowest BCUT2D eigenvalue weighted by molar-refractivity contribution is -0.134. The molecule has 1 heterocycles. The summed E-state index contributed by atoms with van der Waals surface area (Å²) in [5, 5.41) is 6.91. The number of benzene rings is 1. The number of para-hydroxylation sites is 1. The molecule has 0 aromatic heterocycles. The van der Waals surface area contributed by atoms with Crippen molar-refractivity contribution in [1.82, 2.24) is 15.5 Å². The standard InChI is InChI=1S/C23H34N4O2.HI/c1-24-23(25-14-19-8-4-5-9-21(19)29-16-17-10-11-17)26-20-12-13-27(15-20)22(28)18-6-2-3-7-18;/h4-5,8-9,17-18,20H,2-3,6-7,10-16H2,1H3,(H2,24,25,26);1H. The molecule has 4 rings (SSSR count). The van der Waals surface area contributed by atoms with E-state index in [1.165, 1.54) is 25.7 Å². The second kappa shape index (κ2) is 11.2. The highest BCUT2D eigenvalue weighted by Crippen LogP contribution is 2.30. The largest absolute Gasteiger partial charge is 0.493 e. The number of aliphatic imine (C=N–C) groups is 1. The van der Waals surface area contributed by atoms with Gasteiger partial charge in [0.2, 0.25) is 5.91 Å². The van der Waals surface area contributed by atoms with Crippen molar-refractivity contribution >= 4 is 35.8 Å². The van der Waals surface area contributed by atoms with Crippen LogP contribution in [-0.2, 0) is 11.3 Å². The van der Waals surface area contributed by atoms with Crippen LogP contribution in [0.3, 0.4) is 0 Å². The van der Waals surface area contributed by atoms with Gasteiger partial charge in [-0.2, -0.15) is 0 Å². The Labute approximate surface area is 197 Å². The van der Waals surface area contributed by atoms with Crippen LogP contribution in [0.2, 0.25) is 0 Å². The second-order valence-electron chi connectivity index (χ2n) is 8.68. The van der Waals surface area contributed by atoms with Crippen molar-refractivity contribution in [3.05, 3.63) is 29.8 Å². The van der Waals surface area contributed by atoms with E-state index >= 15 is 0 Å². The first-order valence-electron chi connectivity index (χ1n) is 11.2. The zero-order chi connectivity index (χ0) is 20.1. The van der Waals surface area contributed by atoms with Crippen molar-refractivity contribution in [3.63, 3.8) is 0 Å². The molecule has 6 nitrogen and oxygen atoms in total. The van der Waals surface area contributed by atoms with Gasteiger partial charge >= 0.3 is 0 Å². The fraction of sp³-hybridized carbons (Fsp3) is 0.652. The van der Waals surface area contributed by atoms with Gasteiger partial charge in [0.15, 0.2) is 5.96 Å². The van der Waals surface area contributed by atoms with E-state index in [9.17, 15) is 4.79 Å². The van der Waals surface area contributed by atoms with Gasteiger partial charge < -0.3 is 20.3 Å². The topological polar surface area (TPSA) is 66.0 Å². The van der Waals surface area contributed by atoms with Crippen LogP contribution in [0.4, 0.5) is 0 Å². The van der Waals surface area contributed by atoms with Crippen LogP contribution in [-0.4, -0.2) is 49.6 Å². The molecule has 3 fully saturated rings. The average molecular weight is 526 g/mol. The minimum absolute atomic E-state index is 0. The quantitative estimate of drug-likeness (QED) is 0.324. The average Bonchev–Trinajstić information content (AvgIpc) is 3.21. The molecule has 2 aliphatic carbocycles. The number of hydrogen-bond donors (Lipinski definition) is 2. The van der Waals surface area contributed by atoms with Crippen molar-refractivity contribution in [2.75, 3.05) is 26.7 Å². The number of hydrogen-bond acceptors (Lipinski definition) is 3. The molecule has 166 valence electrons. The molecular weight excluding hydrogens is 491 g/mol. The first kappa shape index (κ1) is 23.2. The number of halogens is 1. The number of amides is 1. The van der Waals surface area contributed by atoms with Crippen molar-refractivity contribution < 1.29 is 9.53 Å². The second-order valence-corrected chi connectivity index (χ2v) is 8.68. The Morgan fingerprint density at radius 3 is 2.67 bits per heavy atom. The zero-order valence-electron chi connectivity index (χ0n) is 17.9. The Hall–Kier alpha value is -1.51. The number of nitrogens with zero attached hydrogens (tertiary/aromatic N) is 2. The van der Waals surface area contributed by atoms with Crippen LogP contribution in [0.15, 0.2) is 29.3 Å². The summed E-state index contributed by atoms with van der Waals surface area (Å²) in [5.74, 6) is 3.09. The summed E-state index contributed by atoms with van der Waals surface area (Å²) < 4.78 is 6.01. The molecule has 7 heteroatoms. The van der Waals surface area contributed by atoms with Gasteiger partial charge in [-0.1, -0.05) is 31.0 Å². The molecule has 2 N–H and O–H groups in total. The highest BCUT2D eigenvalue weighted by atomic mass is 127. The van der Waals surface area contributed by atoms with Gasteiger partial charge in [0.25, 0.3) is 0 Å². The van der Waals surface area contributed by atoms with E-state index in [4.69, 9.17) is 4.74 Å². The maximum Gasteiger partial charge on any atom is 0.225 e. The Morgan fingerprint density at radius 2 is 1.93 bits per heavy atom. The fourth-order valence-corrected chi connectivity index (χ4v) is 4.36. The predicted octanol–water partition coefficient (Wildman–Crippen LogP) is 3.55. The molecule has 2 saturated carbocycles. The maximum absolute atomic E-state index is 12.6. The lowest BCUT2D eigenvalue weighted by atomic mass is 10.1. The van der Waals surface area contributed by atoms with Crippen molar-refractivity contribution in [2.45, 2.75) is 57.5 Å². The molecule has 1 atom stereocenters. The van der Waals surface area contributed by atoms with Crippen LogP contribution < -0.4 is 15.4 Å². The van der Waals surface area contributed by atoms with Crippen molar-refractivity contribution in [3.8, 4) is 5.75 Å². The van der Waals surface area contributed by atoms with E-state index in [2.05, 4.69) is 21.7 Å². The summed E-state index contributed by atoms with van der Waals surface area (Å²) >= 11 is 0. The first-order chi connectivity index (χ1) is 14.2. The molecule has 1 aromatic carbocycles. The zero-order valence-corrected chi connectivity index (χ0v) is 20.3. The summed E-state index contributed by atoms with van der Waals surface area (Å²) in [5.41, 5.74) is 1.14. The van der Waals surface area contributed by atoms with Gasteiger partial charge in [-0.3, -0.25) is 9.79 Å². The summed E-state index contributed by atoms with van der Waals surface area (Å²) in [7, 11) is 1.79. The molecule has 1 amide bonds. The number of rotatable bonds is 7. The summed E-state index contributed by atoms with van der Waals surface area (Å²) in [6.45, 7) is 3.10. The number of carbonyl (C=O) groups excluding carboxylic acids is 1. The van der Waals surface area contributed by atoms with Crippen molar-refractivity contribution in [1.29, 1.82) is 0 Å². The molecule has 3 aliphatic rings. The maximum atomic E-state index is 12.6. The molecule has 1 unspecified atom stereocenters. The lowest BCUT2D eigenvalue weighted by Gasteiger charge is -2.21. The molecular formula is C23H35IN4O2. The highest BCUT2D eigenvalue weighted by molar-refractivity contribution is 14.0. The van der Waals surface area contributed by atoms with E-state index < -0.39 is 0 Å². The summed E-state index contributed by atoms with van der Waals surface area (Å²) in [6.07, 6.45) is 8.10. The third-order valence-corrected chi connectivity index (χ3v) is 6.36. The van der Waals surface area contributed by atoms with Gasteiger partial charge in [0.1, 0.15) is 5.75 Å². The molecule has 30 heavy (non-hydrogen) atoms. The third-order valence-electron chi connectivity index (χ3n) is 6.36. The van der Waals surface area contributed by atoms with Crippen LogP contribution in [0.1, 0.15) is 50.5 Å². The van der Waals surface area contributed by atoms with Gasteiger partial charge in [-0.25, -0.2) is 0 Å². The molecule has 1 aliphatic heterocycles. The SMILES string of the molecule is CN=C(NCc1ccccc1OCC1CC1)NC1CCN(C(=O)C2CCCC2)C1.I. The molecule has 0 spiro atoms. The van der Waals surface area contributed by atoms with E-state index in [1.807, 2.05) is 23.1 Å². The first-order valence-corrected chi connectivity index (χ1v) is 11.2. The van der Waals surface area contributed by atoms with E-state index in [-0.39, 0.29) is 35.9 Å².